The van der Waals surface area contributed by atoms with Gasteiger partial charge in [0.25, 0.3) is 0 Å². The van der Waals surface area contributed by atoms with Gasteiger partial charge in [0.1, 0.15) is 5.82 Å². The third-order valence-corrected chi connectivity index (χ3v) is 5.97. The second-order valence-corrected chi connectivity index (χ2v) is 9.97. The predicted molar refractivity (Wildman–Crippen MR) is 120 cm³/mol. The fraction of sp³-hybridized carbons (Fsp3) is 0.409. The predicted octanol–water partition coefficient (Wildman–Crippen LogP) is 1.07. The van der Waals surface area contributed by atoms with Crippen molar-refractivity contribution in [3.63, 3.8) is 0 Å². The van der Waals surface area contributed by atoms with Crippen molar-refractivity contribution in [1.82, 2.24) is 9.97 Å². The number of benzene rings is 1. The molecule has 0 aliphatic heterocycles. The van der Waals surface area contributed by atoms with E-state index in [1.165, 1.54) is 43.5 Å². The summed E-state index contributed by atoms with van der Waals surface area (Å²) >= 11 is 0. The number of aliphatic hydroxyl groups excluding tert-OH is 2. The molecule has 0 aliphatic rings. The van der Waals surface area contributed by atoms with Crippen LogP contribution in [0.3, 0.4) is 0 Å². The van der Waals surface area contributed by atoms with Gasteiger partial charge in [0, 0.05) is 37.0 Å². The lowest BCUT2D eigenvalue weighted by atomic mass is 9.97. The van der Waals surface area contributed by atoms with Crippen molar-refractivity contribution in [2.24, 2.45) is 0 Å². The molecule has 0 unspecified atom stereocenters. The van der Waals surface area contributed by atoms with E-state index < -0.39 is 40.4 Å². The Balaban J connectivity index is 2.61. The molecular weight excluding hydrogens is 453 g/mol. The average molecular weight is 481 g/mol. The van der Waals surface area contributed by atoms with Crippen molar-refractivity contribution in [3.05, 3.63) is 47.4 Å². The van der Waals surface area contributed by atoms with Gasteiger partial charge in [-0.3, -0.25) is 0 Å². The van der Waals surface area contributed by atoms with E-state index in [0.717, 1.165) is 10.6 Å². The van der Waals surface area contributed by atoms with E-state index in [1.807, 2.05) is 13.8 Å². The molecule has 0 fully saturated rings. The van der Waals surface area contributed by atoms with Gasteiger partial charge in [-0.1, -0.05) is 26.0 Å². The number of anilines is 1. The first kappa shape index (κ1) is 26.4. The van der Waals surface area contributed by atoms with Gasteiger partial charge >= 0.3 is 0 Å². The molecule has 9 nitrogen and oxygen atoms in total. The molecule has 2 N–H and O–H groups in total. The molecule has 0 saturated heterocycles. The first-order valence-corrected chi connectivity index (χ1v) is 12.0. The molecule has 2 atom stereocenters. The van der Waals surface area contributed by atoms with E-state index in [9.17, 15) is 32.9 Å². The average Bonchev–Trinajstić information content (AvgIpc) is 2.70. The smallest absolute Gasteiger partial charge is 0.239 e. The number of sulfonamides is 1. The second kappa shape index (κ2) is 10.8. The Morgan fingerprint density at radius 3 is 2.33 bits per heavy atom. The summed E-state index contributed by atoms with van der Waals surface area (Å²) in [5, 5.41) is 30.6. The second-order valence-electron chi connectivity index (χ2n) is 7.96. The van der Waals surface area contributed by atoms with E-state index in [2.05, 4.69) is 9.97 Å². The first-order chi connectivity index (χ1) is 15.3. The summed E-state index contributed by atoms with van der Waals surface area (Å²) in [5.41, 5.74) is 1.76. The molecule has 33 heavy (non-hydrogen) atoms. The molecule has 1 aromatic carbocycles. The minimum Gasteiger partial charge on any atom is -0.550 e. The number of carboxylic acid groups (broad SMARTS) is 1. The van der Waals surface area contributed by atoms with Crippen LogP contribution in [-0.4, -0.2) is 60.1 Å². The summed E-state index contributed by atoms with van der Waals surface area (Å²) in [6.07, 6.45) is 0.578. The van der Waals surface area contributed by atoms with Crippen LogP contribution < -0.4 is 9.41 Å². The molecule has 2 aromatic rings. The summed E-state index contributed by atoms with van der Waals surface area (Å²) in [7, 11) is -2.34. The van der Waals surface area contributed by atoms with Crippen LogP contribution in [0.2, 0.25) is 0 Å². The Morgan fingerprint density at radius 2 is 1.82 bits per heavy atom. The standard InChI is InChI=1S/C22H28FN3O6S/c1-13(2)20-18(10-9-16(27)11-17(28)12-19(29)30)21(14-5-7-15(23)8-6-14)25-22(24-20)26(3)33(4,31)32/h5-10,13,16-17,27-28H,11-12H2,1-4H3,(H,29,30)/p-1/t16-,17-/m1/s1. The van der Waals surface area contributed by atoms with E-state index in [0.29, 0.717) is 22.5 Å². The number of carbonyl (C=O) groups is 1. The summed E-state index contributed by atoms with van der Waals surface area (Å²) in [6.45, 7) is 3.69. The van der Waals surface area contributed by atoms with Crippen LogP contribution in [0.4, 0.5) is 10.3 Å². The van der Waals surface area contributed by atoms with Gasteiger partial charge in [0.2, 0.25) is 16.0 Å². The molecule has 0 radical (unpaired) electrons. The minimum atomic E-state index is -3.66. The van der Waals surface area contributed by atoms with Crippen molar-refractivity contribution in [1.29, 1.82) is 0 Å². The number of nitrogens with zero attached hydrogens (tertiary/aromatic N) is 3. The van der Waals surface area contributed by atoms with Crippen LogP contribution in [0.5, 0.6) is 0 Å². The maximum absolute atomic E-state index is 13.5. The molecule has 0 saturated carbocycles. The molecule has 180 valence electrons. The molecular formula is C22H27FN3O6S-. The van der Waals surface area contributed by atoms with Crippen LogP contribution >= 0.6 is 0 Å². The summed E-state index contributed by atoms with van der Waals surface area (Å²) in [5.74, 6) is -2.14. The number of halogens is 1. The van der Waals surface area contributed by atoms with Gasteiger partial charge < -0.3 is 20.1 Å². The van der Waals surface area contributed by atoms with Crippen LogP contribution in [0.25, 0.3) is 17.3 Å². The Morgan fingerprint density at radius 1 is 1.21 bits per heavy atom. The SMILES string of the molecule is CC(C)c1nc(N(C)S(C)(=O)=O)nc(-c2ccc(F)cc2)c1C=C[C@@H](O)C[C@@H](O)CC(=O)[O-]. The van der Waals surface area contributed by atoms with Crippen LogP contribution in [0.15, 0.2) is 30.3 Å². The molecule has 0 aliphatic carbocycles. The fourth-order valence-corrected chi connectivity index (χ4v) is 3.41. The molecule has 2 rings (SSSR count). The van der Waals surface area contributed by atoms with Crippen molar-refractivity contribution < 1.29 is 32.9 Å². The Labute approximate surface area is 192 Å². The number of carboxylic acids is 1. The molecule has 0 spiro atoms. The maximum atomic E-state index is 13.5. The van der Waals surface area contributed by atoms with Gasteiger partial charge in [-0.25, -0.2) is 27.1 Å². The lowest BCUT2D eigenvalue weighted by Crippen LogP contribution is -2.29. The summed E-state index contributed by atoms with van der Waals surface area (Å²) in [6, 6.07) is 5.46. The van der Waals surface area contributed by atoms with Crippen molar-refractivity contribution >= 4 is 28.0 Å². The lowest BCUT2D eigenvalue weighted by Gasteiger charge is -2.20. The zero-order valence-corrected chi connectivity index (χ0v) is 19.6. The number of aliphatic hydroxyl groups is 2. The Hall–Kier alpha value is -2.89. The zero-order chi connectivity index (χ0) is 24.9. The van der Waals surface area contributed by atoms with E-state index in [-0.39, 0.29) is 18.3 Å². The Kier molecular flexibility index (Phi) is 8.64. The monoisotopic (exact) mass is 480 g/mol. The number of aromatic nitrogens is 2. The van der Waals surface area contributed by atoms with Crippen molar-refractivity contribution in [2.45, 2.75) is 44.8 Å². The van der Waals surface area contributed by atoms with E-state index in [4.69, 9.17) is 0 Å². The zero-order valence-electron chi connectivity index (χ0n) is 18.8. The van der Waals surface area contributed by atoms with Gasteiger partial charge in [-0.2, -0.15) is 0 Å². The summed E-state index contributed by atoms with van der Waals surface area (Å²) < 4.78 is 38.6. The van der Waals surface area contributed by atoms with Crippen LogP contribution in [0, 0.1) is 5.82 Å². The highest BCUT2D eigenvalue weighted by molar-refractivity contribution is 7.92. The first-order valence-electron chi connectivity index (χ1n) is 10.2. The quantitative estimate of drug-likeness (QED) is 0.514. The molecule has 0 amide bonds. The van der Waals surface area contributed by atoms with Crippen LogP contribution in [0.1, 0.15) is 43.9 Å². The van der Waals surface area contributed by atoms with E-state index >= 15 is 0 Å². The normalized spacial score (nSPS) is 13.9. The molecule has 11 heteroatoms. The number of aliphatic carboxylic acids is 1. The van der Waals surface area contributed by atoms with Crippen molar-refractivity contribution in [3.8, 4) is 11.3 Å². The fourth-order valence-electron chi connectivity index (χ4n) is 3.04. The third-order valence-electron chi connectivity index (χ3n) is 4.81. The highest BCUT2D eigenvalue weighted by atomic mass is 32.2. The van der Waals surface area contributed by atoms with Crippen LogP contribution in [-0.2, 0) is 14.8 Å². The van der Waals surface area contributed by atoms with Gasteiger partial charge in [0.05, 0.1) is 29.9 Å². The molecule has 1 heterocycles. The number of carbonyl (C=O) groups excluding carboxylic acids is 1. The van der Waals surface area contributed by atoms with Crippen molar-refractivity contribution in [2.75, 3.05) is 17.6 Å². The Bertz CT molecular complexity index is 1120. The molecule has 1 aromatic heterocycles. The van der Waals surface area contributed by atoms with Gasteiger partial charge in [-0.15, -0.1) is 0 Å². The van der Waals surface area contributed by atoms with E-state index in [1.54, 1.807) is 0 Å². The molecule has 0 bridgehead atoms. The lowest BCUT2D eigenvalue weighted by molar-refractivity contribution is -0.307. The summed E-state index contributed by atoms with van der Waals surface area (Å²) in [4.78, 5) is 19.4. The minimum absolute atomic E-state index is 0.0670. The van der Waals surface area contributed by atoms with Gasteiger partial charge in [0.15, 0.2) is 0 Å². The van der Waals surface area contributed by atoms with Gasteiger partial charge in [-0.05, 0) is 30.2 Å². The number of rotatable bonds is 10. The number of hydrogen-bond donors (Lipinski definition) is 2. The topological polar surface area (TPSA) is 144 Å². The highest BCUT2D eigenvalue weighted by Gasteiger charge is 2.22. The third kappa shape index (κ3) is 7.31. The largest absolute Gasteiger partial charge is 0.550 e. The highest BCUT2D eigenvalue weighted by Crippen LogP contribution is 2.31. The maximum Gasteiger partial charge on any atom is 0.239 e. The number of hydrogen-bond acceptors (Lipinski definition) is 8.